The van der Waals surface area contributed by atoms with Crippen LogP contribution in [-0.4, -0.2) is 79.4 Å². The van der Waals surface area contributed by atoms with E-state index in [1.807, 2.05) is 0 Å². The first-order valence-corrected chi connectivity index (χ1v) is 11.6. The van der Waals surface area contributed by atoms with Gasteiger partial charge in [-0.1, -0.05) is 19.3 Å². The summed E-state index contributed by atoms with van der Waals surface area (Å²) in [5, 5.41) is 0. The molecule has 1 aliphatic heterocycles. The van der Waals surface area contributed by atoms with Crippen molar-refractivity contribution in [3.63, 3.8) is 0 Å². The van der Waals surface area contributed by atoms with Crippen LogP contribution in [0.3, 0.4) is 0 Å². The van der Waals surface area contributed by atoms with E-state index in [0.29, 0.717) is 0 Å². The van der Waals surface area contributed by atoms with E-state index in [1.54, 1.807) is 0 Å². The van der Waals surface area contributed by atoms with Crippen molar-refractivity contribution in [3.8, 4) is 0 Å². The molecular weight excluding hydrogens is 468 g/mol. The first-order valence-electron chi connectivity index (χ1n) is 11.6. The zero-order valence-electron chi connectivity index (χ0n) is 20.7. The lowest BCUT2D eigenvalue weighted by atomic mass is 9.93. The highest BCUT2D eigenvalue weighted by atomic mass is 16.7. The number of rotatable bonds is 9. The molecule has 0 radical (unpaired) electrons. The van der Waals surface area contributed by atoms with Gasteiger partial charge in [0.25, 0.3) is 0 Å². The molecule has 1 aliphatic carbocycles. The molecule has 0 amide bonds. The molecule has 0 unspecified atom stereocenters. The molecule has 2 rings (SSSR count). The SMILES string of the molecule is CC(=O)OC[C@H](OC(C)=O)[C@@H]1O[C@@H](OC2CCCCC2)[C@@H](OC(C)=O)[C@@H](OC(C)=O)[C@H]1OC(C)=O. The minimum absolute atomic E-state index is 0.226. The van der Waals surface area contributed by atoms with E-state index in [1.165, 1.54) is 6.92 Å². The van der Waals surface area contributed by atoms with E-state index in [2.05, 4.69) is 0 Å². The smallest absolute Gasteiger partial charge is 0.303 e. The second kappa shape index (κ2) is 13.4. The molecule has 0 aromatic heterocycles. The Morgan fingerprint density at radius 1 is 0.714 bits per heavy atom. The second-order valence-electron chi connectivity index (χ2n) is 8.54. The Labute approximate surface area is 203 Å². The zero-order valence-corrected chi connectivity index (χ0v) is 20.7. The molecule has 6 atom stereocenters. The van der Waals surface area contributed by atoms with Crippen molar-refractivity contribution < 1.29 is 57.1 Å². The molecule has 35 heavy (non-hydrogen) atoms. The van der Waals surface area contributed by atoms with Gasteiger partial charge in [0.1, 0.15) is 12.7 Å². The average molecular weight is 503 g/mol. The predicted molar refractivity (Wildman–Crippen MR) is 115 cm³/mol. The highest BCUT2D eigenvalue weighted by Crippen LogP contribution is 2.34. The van der Waals surface area contributed by atoms with Gasteiger partial charge in [-0.15, -0.1) is 0 Å². The van der Waals surface area contributed by atoms with Crippen molar-refractivity contribution in [1.29, 1.82) is 0 Å². The van der Waals surface area contributed by atoms with Gasteiger partial charge in [-0.2, -0.15) is 0 Å². The van der Waals surface area contributed by atoms with Crippen LogP contribution in [0.5, 0.6) is 0 Å². The van der Waals surface area contributed by atoms with E-state index in [0.717, 1.165) is 59.8 Å². The number of carbonyl (C=O) groups is 5. The molecule has 0 spiro atoms. The minimum atomic E-state index is -1.38. The number of hydrogen-bond acceptors (Lipinski definition) is 12. The Kier molecular flexibility index (Phi) is 10.9. The van der Waals surface area contributed by atoms with Crippen molar-refractivity contribution in [3.05, 3.63) is 0 Å². The maximum absolute atomic E-state index is 12.0. The summed E-state index contributed by atoms with van der Waals surface area (Å²) < 4.78 is 38.9. The van der Waals surface area contributed by atoms with Gasteiger partial charge in [0, 0.05) is 34.6 Å². The van der Waals surface area contributed by atoms with Gasteiger partial charge in [-0.25, -0.2) is 0 Å². The van der Waals surface area contributed by atoms with Crippen LogP contribution >= 0.6 is 0 Å². The summed E-state index contributed by atoms with van der Waals surface area (Å²) in [5.74, 6) is -3.58. The fraction of sp³-hybridized carbons (Fsp3) is 0.783. The first kappa shape index (κ1) is 28.5. The zero-order chi connectivity index (χ0) is 26.1. The largest absolute Gasteiger partial charge is 0.462 e. The molecule has 2 fully saturated rings. The van der Waals surface area contributed by atoms with Crippen molar-refractivity contribution in [2.75, 3.05) is 6.61 Å². The van der Waals surface area contributed by atoms with Gasteiger partial charge in [0.15, 0.2) is 30.7 Å². The quantitative estimate of drug-likeness (QED) is 0.331. The highest BCUT2D eigenvalue weighted by Gasteiger charge is 2.55. The van der Waals surface area contributed by atoms with Crippen LogP contribution in [0, 0.1) is 0 Å². The Bertz CT molecular complexity index is 774. The topological polar surface area (TPSA) is 150 Å². The van der Waals surface area contributed by atoms with Gasteiger partial charge < -0.3 is 33.2 Å². The maximum atomic E-state index is 12.0. The summed E-state index contributed by atoms with van der Waals surface area (Å²) in [7, 11) is 0. The van der Waals surface area contributed by atoms with Crippen LogP contribution in [0.1, 0.15) is 66.7 Å². The Balaban J connectivity index is 2.50. The highest BCUT2D eigenvalue weighted by molar-refractivity contribution is 5.69. The van der Waals surface area contributed by atoms with E-state index in [-0.39, 0.29) is 6.10 Å². The monoisotopic (exact) mass is 502 g/mol. The van der Waals surface area contributed by atoms with Crippen LogP contribution in [0.25, 0.3) is 0 Å². The van der Waals surface area contributed by atoms with Crippen molar-refractivity contribution >= 4 is 29.8 Å². The Morgan fingerprint density at radius 2 is 1.26 bits per heavy atom. The third kappa shape index (κ3) is 9.10. The summed E-state index contributed by atoms with van der Waals surface area (Å²) in [5.41, 5.74) is 0. The molecule has 12 nitrogen and oxygen atoms in total. The minimum Gasteiger partial charge on any atom is -0.462 e. The number of esters is 5. The fourth-order valence-electron chi connectivity index (χ4n) is 4.21. The van der Waals surface area contributed by atoms with E-state index < -0.39 is 73.3 Å². The van der Waals surface area contributed by atoms with Gasteiger partial charge in [0.05, 0.1) is 6.10 Å². The maximum Gasteiger partial charge on any atom is 0.303 e. The third-order valence-electron chi connectivity index (χ3n) is 5.45. The standard InChI is InChI=1S/C23H34O12/c1-12(24)29-11-18(30-13(2)25)19-20(31-14(3)26)21(32-15(4)27)22(33-16(5)28)23(35-19)34-17-9-7-6-8-10-17/h17-23H,6-11H2,1-5H3/t18-,19-,20-,21-,22-,23+/m0/s1. The van der Waals surface area contributed by atoms with Crippen molar-refractivity contribution in [1.82, 2.24) is 0 Å². The molecule has 0 aromatic carbocycles. The molecule has 0 N–H and O–H groups in total. The number of carbonyl (C=O) groups excluding carboxylic acids is 5. The van der Waals surface area contributed by atoms with Crippen LogP contribution < -0.4 is 0 Å². The van der Waals surface area contributed by atoms with Crippen molar-refractivity contribution in [2.24, 2.45) is 0 Å². The van der Waals surface area contributed by atoms with Crippen LogP contribution in [0.15, 0.2) is 0 Å². The molecule has 0 aromatic rings. The summed E-state index contributed by atoms with van der Waals surface area (Å²) in [6.45, 7) is 5.31. The molecule has 1 heterocycles. The molecule has 1 saturated heterocycles. The second-order valence-corrected chi connectivity index (χ2v) is 8.54. The fourth-order valence-corrected chi connectivity index (χ4v) is 4.21. The van der Waals surface area contributed by atoms with E-state index >= 15 is 0 Å². The Hall–Kier alpha value is -2.73. The predicted octanol–water partition coefficient (Wildman–Crippen LogP) is 1.35. The lowest BCUT2D eigenvalue weighted by Gasteiger charge is -2.46. The number of ether oxygens (including phenoxy) is 7. The van der Waals surface area contributed by atoms with Crippen molar-refractivity contribution in [2.45, 2.75) is 110 Å². The summed E-state index contributed by atoms with van der Waals surface area (Å²) in [6.07, 6.45) is -3.64. The molecule has 12 heteroatoms. The van der Waals surface area contributed by atoms with Crippen LogP contribution in [-0.2, 0) is 57.1 Å². The molecule has 1 saturated carbocycles. The summed E-state index contributed by atoms with van der Waals surface area (Å²) >= 11 is 0. The summed E-state index contributed by atoms with van der Waals surface area (Å²) in [6, 6.07) is 0. The molecule has 2 aliphatic rings. The van der Waals surface area contributed by atoms with Gasteiger partial charge in [-0.05, 0) is 12.8 Å². The number of hydrogen-bond donors (Lipinski definition) is 0. The van der Waals surface area contributed by atoms with E-state index in [9.17, 15) is 24.0 Å². The molecule has 198 valence electrons. The average Bonchev–Trinajstić information content (AvgIpc) is 2.74. The van der Waals surface area contributed by atoms with Gasteiger partial charge in [-0.3, -0.25) is 24.0 Å². The normalized spacial score (nSPS) is 27.7. The lowest BCUT2D eigenvalue weighted by molar-refractivity contribution is -0.327. The third-order valence-corrected chi connectivity index (χ3v) is 5.45. The molecule has 0 bridgehead atoms. The van der Waals surface area contributed by atoms with Crippen LogP contribution in [0.2, 0.25) is 0 Å². The van der Waals surface area contributed by atoms with Gasteiger partial charge in [0.2, 0.25) is 0 Å². The van der Waals surface area contributed by atoms with Crippen LogP contribution in [0.4, 0.5) is 0 Å². The first-order chi connectivity index (χ1) is 16.5. The molecular formula is C23H34O12. The Morgan fingerprint density at radius 3 is 1.77 bits per heavy atom. The van der Waals surface area contributed by atoms with Gasteiger partial charge >= 0.3 is 29.8 Å². The lowest BCUT2D eigenvalue weighted by Crippen LogP contribution is -2.65. The summed E-state index contributed by atoms with van der Waals surface area (Å²) in [4.78, 5) is 59.2. The van der Waals surface area contributed by atoms with E-state index in [4.69, 9.17) is 33.2 Å².